The smallest absolute Gasteiger partial charge is 0.224 e. The van der Waals surface area contributed by atoms with Crippen molar-refractivity contribution < 1.29 is 13.2 Å². The van der Waals surface area contributed by atoms with Crippen LogP contribution in [-0.2, 0) is 33.9 Å². The number of nitrogens with one attached hydrogen (secondary N) is 1. The van der Waals surface area contributed by atoms with Gasteiger partial charge >= 0.3 is 0 Å². The highest BCUT2D eigenvalue weighted by Gasteiger charge is 2.30. The van der Waals surface area contributed by atoms with Crippen LogP contribution in [0, 0.1) is 0 Å². The van der Waals surface area contributed by atoms with Crippen LogP contribution in [0.3, 0.4) is 0 Å². The number of hydrogen-bond acceptors (Lipinski definition) is 5. The van der Waals surface area contributed by atoms with Gasteiger partial charge in [-0.3, -0.25) is 4.79 Å². The fourth-order valence-corrected chi connectivity index (χ4v) is 5.64. The Labute approximate surface area is 189 Å². The highest BCUT2D eigenvalue weighted by Crippen LogP contribution is 2.30. The Balaban J connectivity index is 1.65. The third kappa shape index (κ3) is 5.05. The second kappa shape index (κ2) is 9.61. The van der Waals surface area contributed by atoms with E-state index in [1.807, 2.05) is 61.5 Å². The van der Waals surface area contributed by atoms with E-state index in [2.05, 4.69) is 10.3 Å². The zero-order chi connectivity index (χ0) is 22.6. The molecule has 7 heteroatoms. The van der Waals surface area contributed by atoms with Crippen molar-refractivity contribution >= 4 is 15.7 Å². The standard InChI is InChI=1S/C25H27N3O3S/c1-2-14-26-23(29)17-19-12-10-18(11-13-19)16-22-24-21(9-6-15-32(24,30)31)27-25(28-22)20-7-4-3-5-8-20/h3-5,7-8,10-13H,2,6,9,14-17H2,1H3,(H,26,29). The molecule has 0 unspecified atom stereocenters. The maximum absolute atomic E-state index is 12.9. The number of aromatic nitrogens is 2. The molecule has 0 aliphatic carbocycles. The fourth-order valence-electron chi connectivity index (χ4n) is 3.93. The third-order valence-electron chi connectivity index (χ3n) is 5.51. The van der Waals surface area contributed by atoms with Gasteiger partial charge in [0.05, 0.1) is 23.6 Å². The van der Waals surface area contributed by atoms with Gasteiger partial charge in [0.25, 0.3) is 0 Å². The predicted molar refractivity (Wildman–Crippen MR) is 124 cm³/mol. The van der Waals surface area contributed by atoms with Crippen molar-refractivity contribution in [2.24, 2.45) is 0 Å². The molecule has 1 aliphatic heterocycles. The minimum absolute atomic E-state index is 0.00284. The molecule has 1 aromatic heterocycles. The molecule has 166 valence electrons. The molecule has 1 amide bonds. The minimum Gasteiger partial charge on any atom is -0.356 e. The van der Waals surface area contributed by atoms with Crippen molar-refractivity contribution in [1.29, 1.82) is 0 Å². The molecule has 32 heavy (non-hydrogen) atoms. The Morgan fingerprint density at radius 2 is 1.72 bits per heavy atom. The summed E-state index contributed by atoms with van der Waals surface area (Å²) in [5.41, 5.74) is 3.90. The molecular weight excluding hydrogens is 422 g/mol. The first-order valence-electron chi connectivity index (χ1n) is 11.0. The first kappa shape index (κ1) is 22.1. The van der Waals surface area contributed by atoms with Crippen LogP contribution >= 0.6 is 0 Å². The lowest BCUT2D eigenvalue weighted by Crippen LogP contribution is -2.25. The monoisotopic (exact) mass is 449 g/mol. The van der Waals surface area contributed by atoms with E-state index in [1.165, 1.54) is 0 Å². The number of carbonyl (C=O) groups excluding carboxylic acids is 1. The third-order valence-corrected chi connectivity index (χ3v) is 7.43. The Bertz CT molecular complexity index is 1210. The maximum atomic E-state index is 12.9. The summed E-state index contributed by atoms with van der Waals surface area (Å²) in [6.07, 6.45) is 2.84. The number of rotatable bonds is 7. The second-order valence-corrected chi connectivity index (χ2v) is 10.1. The second-order valence-electron chi connectivity index (χ2n) is 8.08. The summed E-state index contributed by atoms with van der Waals surface area (Å²) < 4.78 is 25.7. The largest absolute Gasteiger partial charge is 0.356 e. The van der Waals surface area contributed by atoms with Gasteiger partial charge in [0.1, 0.15) is 4.90 Å². The Morgan fingerprint density at radius 3 is 2.44 bits per heavy atom. The number of aryl methyl sites for hydroxylation is 1. The Hall–Kier alpha value is -3.06. The first-order chi connectivity index (χ1) is 15.5. The van der Waals surface area contributed by atoms with Gasteiger partial charge in [0.15, 0.2) is 15.7 Å². The summed E-state index contributed by atoms with van der Waals surface area (Å²) in [5.74, 6) is 0.691. The normalized spacial score (nSPS) is 14.5. The first-order valence-corrected chi connectivity index (χ1v) is 12.6. The van der Waals surface area contributed by atoms with E-state index < -0.39 is 9.84 Å². The molecule has 2 aromatic carbocycles. The number of amides is 1. The summed E-state index contributed by atoms with van der Waals surface area (Å²) in [6, 6.07) is 17.3. The number of hydrogen-bond donors (Lipinski definition) is 1. The fraction of sp³-hybridized carbons (Fsp3) is 0.320. The molecular formula is C25H27N3O3S. The topological polar surface area (TPSA) is 89.0 Å². The zero-order valence-electron chi connectivity index (χ0n) is 18.2. The van der Waals surface area contributed by atoms with E-state index in [0.717, 1.165) is 23.1 Å². The lowest BCUT2D eigenvalue weighted by molar-refractivity contribution is -0.120. The highest BCUT2D eigenvalue weighted by molar-refractivity contribution is 7.91. The van der Waals surface area contributed by atoms with E-state index >= 15 is 0 Å². The van der Waals surface area contributed by atoms with E-state index in [-0.39, 0.29) is 11.7 Å². The molecule has 0 atom stereocenters. The Morgan fingerprint density at radius 1 is 1.00 bits per heavy atom. The SMILES string of the molecule is CCCNC(=O)Cc1ccc(Cc2nc(-c3ccccc3)nc3c2S(=O)(=O)CCC3)cc1. The van der Waals surface area contributed by atoms with E-state index in [0.29, 0.717) is 54.3 Å². The average Bonchev–Trinajstić information content (AvgIpc) is 2.79. The van der Waals surface area contributed by atoms with Gasteiger partial charge in [-0.1, -0.05) is 61.5 Å². The lowest BCUT2D eigenvalue weighted by atomic mass is 10.0. The van der Waals surface area contributed by atoms with Crippen LogP contribution < -0.4 is 5.32 Å². The number of carbonyl (C=O) groups is 1. The molecule has 4 rings (SSSR count). The molecule has 2 heterocycles. The maximum Gasteiger partial charge on any atom is 0.224 e. The summed E-state index contributed by atoms with van der Waals surface area (Å²) in [7, 11) is -3.40. The lowest BCUT2D eigenvalue weighted by Gasteiger charge is -2.19. The van der Waals surface area contributed by atoms with E-state index in [9.17, 15) is 13.2 Å². The molecule has 0 bridgehead atoms. The number of fused-ring (bicyclic) bond motifs is 1. The van der Waals surface area contributed by atoms with Gasteiger partial charge in [0, 0.05) is 18.5 Å². The number of nitrogens with zero attached hydrogens (tertiary/aromatic N) is 2. The van der Waals surface area contributed by atoms with Crippen LogP contribution in [-0.4, -0.2) is 36.6 Å². The van der Waals surface area contributed by atoms with Gasteiger partial charge in [-0.05, 0) is 30.4 Å². The van der Waals surface area contributed by atoms with Crippen LogP contribution in [0.4, 0.5) is 0 Å². The molecule has 1 N–H and O–H groups in total. The number of sulfone groups is 1. The molecule has 0 saturated heterocycles. The molecule has 0 fully saturated rings. The van der Waals surface area contributed by atoms with Gasteiger partial charge in [-0.25, -0.2) is 18.4 Å². The van der Waals surface area contributed by atoms with Gasteiger partial charge in [0.2, 0.25) is 5.91 Å². The van der Waals surface area contributed by atoms with Crippen molar-refractivity contribution in [3.63, 3.8) is 0 Å². The van der Waals surface area contributed by atoms with E-state index in [1.54, 1.807) is 0 Å². The molecule has 3 aromatic rings. The molecule has 1 aliphatic rings. The Kier molecular flexibility index (Phi) is 6.65. The quantitative estimate of drug-likeness (QED) is 0.596. The zero-order valence-corrected chi connectivity index (χ0v) is 19.0. The van der Waals surface area contributed by atoms with Gasteiger partial charge < -0.3 is 5.32 Å². The van der Waals surface area contributed by atoms with Crippen molar-refractivity contribution in [2.45, 2.75) is 43.9 Å². The molecule has 0 radical (unpaired) electrons. The molecule has 0 saturated carbocycles. The van der Waals surface area contributed by atoms with Crippen LogP contribution in [0.2, 0.25) is 0 Å². The summed E-state index contributed by atoms with van der Waals surface area (Å²) in [5, 5.41) is 2.88. The van der Waals surface area contributed by atoms with Gasteiger partial charge in [-0.2, -0.15) is 0 Å². The van der Waals surface area contributed by atoms with Crippen molar-refractivity contribution in [3.8, 4) is 11.4 Å². The highest BCUT2D eigenvalue weighted by atomic mass is 32.2. The number of benzene rings is 2. The average molecular weight is 450 g/mol. The van der Waals surface area contributed by atoms with Crippen molar-refractivity contribution in [1.82, 2.24) is 15.3 Å². The van der Waals surface area contributed by atoms with E-state index in [4.69, 9.17) is 4.98 Å². The van der Waals surface area contributed by atoms with Crippen LogP contribution in [0.25, 0.3) is 11.4 Å². The van der Waals surface area contributed by atoms with Crippen LogP contribution in [0.15, 0.2) is 59.5 Å². The molecule has 0 spiro atoms. The van der Waals surface area contributed by atoms with Crippen LogP contribution in [0.1, 0.15) is 42.3 Å². The summed E-state index contributed by atoms with van der Waals surface area (Å²) in [4.78, 5) is 21.6. The summed E-state index contributed by atoms with van der Waals surface area (Å²) >= 11 is 0. The predicted octanol–water partition coefficient (Wildman–Crippen LogP) is 3.52. The minimum atomic E-state index is -3.40. The van der Waals surface area contributed by atoms with Crippen molar-refractivity contribution in [2.75, 3.05) is 12.3 Å². The van der Waals surface area contributed by atoms with Crippen LogP contribution in [0.5, 0.6) is 0 Å². The molecule has 6 nitrogen and oxygen atoms in total. The summed E-state index contributed by atoms with van der Waals surface area (Å²) in [6.45, 7) is 2.69. The van der Waals surface area contributed by atoms with Crippen molar-refractivity contribution in [3.05, 3.63) is 77.1 Å². The van der Waals surface area contributed by atoms with Gasteiger partial charge in [-0.15, -0.1) is 0 Å².